The van der Waals surface area contributed by atoms with Crippen LogP contribution in [0.4, 0.5) is 0 Å². The lowest BCUT2D eigenvalue weighted by Gasteiger charge is -2.18. The lowest BCUT2D eigenvalue weighted by molar-refractivity contribution is -0.133. The average molecular weight is 216 g/mol. The highest BCUT2D eigenvalue weighted by Crippen LogP contribution is 1.97. The van der Waals surface area contributed by atoms with Gasteiger partial charge in [0.25, 0.3) is 0 Å². The molecule has 0 radical (unpaired) electrons. The highest BCUT2D eigenvalue weighted by Gasteiger charge is 2.14. The van der Waals surface area contributed by atoms with Crippen LogP contribution >= 0.6 is 11.6 Å². The lowest BCUT2D eigenvalue weighted by atomic mass is 10.2. The van der Waals surface area contributed by atoms with Gasteiger partial charge in [0, 0.05) is 13.1 Å². The Morgan fingerprint density at radius 3 is 2.07 bits per heavy atom. The van der Waals surface area contributed by atoms with Gasteiger partial charge in [0.05, 0.1) is 12.3 Å². The van der Waals surface area contributed by atoms with Crippen LogP contribution < -0.4 is 0 Å². The van der Waals surface area contributed by atoms with E-state index in [0.717, 1.165) is 0 Å². The first-order valence-corrected chi connectivity index (χ1v) is 4.76. The summed E-state index contributed by atoms with van der Waals surface area (Å²) in [6, 6.07) is 0. The molecule has 0 atom stereocenters. The molecule has 14 heavy (non-hydrogen) atoms. The summed E-state index contributed by atoms with van der Waals surface area (Å²) in [5.41, 5.74) is 0. The molecular formula is C10H14ClNO2. The Hall–Kier alpha value is -1.09. The van der Waals surface area contributed by atoms with Crippen molar-refractivity contribution in [1.29, 1.82) is 0 Å². The number of carbonyl (C=O) groups is 2. The Morgan fingerprint density at radius 1 is 1.21 bits per heavy atom. The normalized spacial score (nSPS) is 9.21. The highest BCUT2D eigenvalue weighted by atomic mass is 35.5. The molecule has 0 aliphatic rings. The van der Waals surface area contributed by atoms with Crippen molar-refractivity contribution in [3.05, 3.63) is 25.3 Å². The van der Waals surface area contributed by atoms with Crippen molar-refractivity contribution in [2.45, 2.75) is 6.42 Å². The van der Waals surface area contributed by atoms with E-state index in [1.807, 2.05) is 0 Å². The highest BCUT2D eigenvalue weighted by molar-refractivity contribution is 6.29. The minimum atomic E-state index is -0.269. The summed E-state index contributed by atoms with van der Waals surface area (Å²) < 4.78 is 0. The van der Waals surface area contributed by atoms with Crippen LogP contribution in [0.2, 0.25) is 0 Å². The topological polar surface area (TPSA) is 37.4 Å². The van der Waals surface area contributed by atoms with Crippen molar-refractivity contribution in [3.63, 3.8) is 0 Å². The molecule has 3 nitrogen and oxygen atoms in total. The maximum Gasteiger partial charge on any atom is 0.230 e. The molecule has 0 aromatic rings. The number of amides is 1. The quantitative estimate of drug-likeness (QED) is 0.366. The molecule has 4 heteroatoms. The lowest BCUT2D eigenvalue weighted by Crippen LogP contribution is -2.32. The van der Waals surface area contributed by atoms with Crippen LogP contribution in [0.5, 0.6) is 0 Å². The Morgan fingerprint density at radius 2 is 1.71 bits per heavy atom. The first-order valence-electron chi connectivity index (χ1n) is 4.23. The number of nitrogens with zero attached hydrogens (tertiary/aromatic N) is 1. The molecular weight excluding hydrogens is 202 g/mol. The third kappa shape index (κ3) is 4.82. The van der Waals surface area contributed by atoms with E-state index in [4.69, 9.17) is 11.6 Å². The Balaban J connectivity index is 4.19. The second-order valence-electron chi connectivity index (χ2n) is 2.73. The summed E-state index contributed by atoms with van der Waals surface area (Å²) in [7, 11) is 0. The maximum atomic E-state index is 11.4. The van der Waals surface area contributed by atoms with E-state index in [9.17, 15) is 9.59 Å². The van der Waals surface area contributed by atoms with Gasteiger partial charge in [-0.25, -0.2) is 0 Å². The van der Waals surface area contributed by atoms with E-state index in [1.54, 1.807) is 12.2 Å². The van der Waals surface area contributed by atoms with Gasteiger partial charge in [-0.2, -0.15) is 0 Å². The van der Waals surface area contributed by atoms with Crippen molar-refractivity contribution in [3.8, 4) is 0 Å². The number of hydrogen-bond donors (Lipinski definition) is 0. The van der Waals surface area contributed by atoms with Gasteiger partial charge in [-0.3, -0.25) is 9.59 Å². The van der Waals surface area contributed by atoms with Crippen molar-refractivity contribution in [2.75, 3.05) is 19.0 Å². The second-order valence-corrected chi connectivity index (χ2v) is 2.99. The molecule has 0 rings (SSSR count). The van der Waals surface area contributed by atoms with Crippen molar-refractivity contribution in [1.82, 2.24) is 4.90 Å². The molecule has 0 spiro atoms. The van der Waals surface area contributed by atoms with Gasteiger partial charge >= 0.3 is 0 Å². The van der Waals surface area contributed by atoms with Gasteiger partial charge in [-0.05, 0) is 0 Å². The smallest absolute Gasteiger partial charge is 0.230 e. The number of carbonyl (C=O) groups excluding carboxylic acids is 2. The van der Waals surface area contributed by atoms with Crippen LogP contribution in [-0.4, -0.2) is 35.6 Å². The van der Waals surface area contributed by atoms with Crippen LogP contribution in [0.25, 0.3) is 0 Å². The number of rotatable bonds is 7. The molecule has 0 aromatic heterocycles. The molecule has 78 valence electrons. The zero-order valence-electron chi connectivity index (χ0n) is 8.04. The van der Waals surface area contributed by atoms with Crippen molar-refractivity contribution >= 4 is 23.3 Å². The summed E-state index contributed by atoms with van der Waals surface area (Å²) in [5.74, 6) is -0.632. The monoisotopic (exact) mass is 215 g/mol. The van der Waals surface area contributed by atoms with E-state index in [0.29, 0.717) is 13.1 Å². The second kappa shape index (κ2) is 7.33. The molecule has 0 aromatic carbocycles. The van der Waals surface area contributed by atoms with Crippen molar-refractivity contribution in [2.24, 2.45) is 0 Å². The average Bonchev–Trinajstić information content (AvgIpc) is 2.17. The molecule has 0 saturated heterocycles. The van der Waals surface area contributed by atoms with Crippen molar-refractivity contribution < 1.29 is 9.59 Å². The fourth-order valence-electron chi connectivity index (χ4n) is 0.918. The molecule has 0 bridgehead atoms. The number of halogens is 1. The molecule has 0 saturated carbocycles. The zero-order valence-corrected chi connectivity index (χ0v) is 8.79. The molecule has 0 unspecified atom stereocenters. The fourth-order valence-corrected chi connectivity index (χ4v) is 1.01. The molecule has 1 amide bonds. The first-order chi connectivity index (χ1) is 6.65. The fraction of sp³-hybridized carbons (Fsp3) is 0.400. The number of Topliss-reactive ketones (excluding diaryl/α,β-unsaturated/α-hetero) is 1. The van der Waals surface area contributed by atoms with Crippen LogP contribution in [0.1, 0.15) is 6.42 Å². The molecule has 0 N–H and O–H groups in total. The van der Waals surface area contributed by atoms with Crippen LogP contribution in [0.3, 0.4) is 0 Å². The molecule has 0 fully saturated rings. The van der Waals surface area contributed by atoms with Gasteiger partial charge in [0.2, 0.25) is 5.91 Å². The zero-order chi connectivity index (χ0) is 11.0. The number of ketones is 1. The first kappa shape index (κ1) is 12.9. The molecule has 0 heterocycles. The summed E-state index contributed by atoms with van der Waals surface area (Å²) >= 11 is 5.29. The van der Waals surface area contributed by atoms with Crippen LogP contribution in [0.15, 0.2) is 25.3 Å². The maximum absolute atomic E-state index is 11.4. The summed E-state index contributed by atoms with van der Waals surface area (Å²) in [5, 5.41) is 0. The Kier molecular flexibility index (Phi) is 6.76. The Bertz CT molecular complexity index is 228. The van der Waals surface area contributed by atoms with Gasteiger partial charge < -0.3 is 4.90 Å². The van der Waals surface area contributed by atoms with Gasteiger partial charge in [-0.15, -0.1) is 24.8 Å². The summed E-state index contributed by atoms with van der Waals surface area (Å²) in [6.07, 6.45) is 3.06. The van der Waals surface area contributed by atoms with Crippen LogP contribution in [-0.2, 0) is 9.59 Å². The Labute approximate surface area is 89.0 Å². The predicted molar refractivity (Wildman–Crippen MR) is 57.3 cm³/mol. The SMILES string of the molecule is C=CCN(CC=C)C(=O)CC(=O)CCl. The van der Waals surface area contributed by atoms with E-state index in [-0.39, 0.29) is 24.0 Å². The van der Waals surface area contributed by atoms with E-state index < -0.39 is 0 Å². The largest absolute Gasteiger partial charge is 0.335 e. The third-order valence-electron chi connectivity index (χ3n) is 1.55. The number of alkyl halides is 1. The van der Waals surface area contributed by atoms with E-state index in [1.165, 1.54) is 4.90 Å². The summed E-state index contributed by atoms with van der Waals surface area (Å²) in [4.78, 5) is 23.8. The van der Waals surface area contributed by atoms with Crippen LogP contribution in [0, 0.1) is 0 Å². The third-order valence-corrected chi connectivity index (χ3v) is 1.85. The minimum absolute atomic E-state index is 0.123. The standard InChI is InChI=1S/C10H14ClNO2/c1-3-5-12(6-4-2)10(14)7-9(13)8-11/h3-4H,1-2,5-8H2. The summed E-state index contributed by atoms with van der Waals surface area (Å²) in [6.45, 7) is 7.88. The van der Waals surface area contributed by atoms with Gasteiger partial charge in [0.15, 0.2) is 5.78 Å². The molecule has 0 aliphatic heterocycles. The number of hydrogen-bond acceptors (Lipinski definition) is 2. The van der Waals surface area contributed by atoms with Gasteiger partial charge in [0.1, 0.15) is 0 Å². The molecule has 0 aliphatic carbocycles. The van der Waals surface area contributed by atoms with E-state index >= 15 is 0 Å². The van der Waals surface area contributed by atoms with E-state index in [2.05, 4.69) is 13.2 Å². The minimum Gasteiger partial charge on any atom is -0.335 e. The van der Waals surface area contributed by atoms with Gasteiger partial charge in [-0.1, -0.05) is 12.2 Å². The predicted octanol–water partition coefficient (Wildman–Crippen LogP) is 1.39.